The summed E-state index contributed by atoms with van der Waals surface area (Å²) >= 11 is 0.109. The number of anilines is 1. The van der Waals surface area contributed by atoms with Crippen LogP contribution >= 0.6 is 20.7 Å². The molecule has 1 atom stereocenters. The zero-order valence-electron chi connectivity index (χ0n) is 13.9. The number of hydrogen-bond donors (Lipinski definition) is 1. The molecule has 3 rings (SSSR count). The van der Waals surface area contributed by atoms with Gasteiger partial charge in [0.1, 0.15) is 0 Å². The first kappa shape index (κ1) is 20.7. The van der Waals surface area contributed by atoms with Gasteiger partial charge in [-0.3, -0.25) is 0 Å². The predicted molar refractivity (Wildman–Crippen MR) is 99.2 cm³/mol. The maximum Gasteiger partial charge on any atom is 0.534 e. The summed E-state index contributed by atoms with van der Waals surface area (Å²) in [6, 6.07) is 1.55. The number of aromatic nitrogens is 1. The van der Waals surface area contributed by atoms with E-state index in [1.54, 1.807) is 0 Å². The predicted octanol–water partition coefficient (Wildman–Crippen LogP) is 3.06. The molecule has 0 aliphatic carbocycles. The van der Waals surface area contributed by atoms with E-state index in [0.29, 0.717) is 25.7 Å². The second-order valence-electron chi connectivity index (χ2n) is 6.33. The Labute approximate surface area is 163 Å². The summed E-state index contributed by atoms with van der Waals surface area (Å²) in [5, 5.41) is 2.83. The van der Waals surface area contributed by atoms with Gasteiger partial charge in [-0.1, -0.05) is 4.01 Å². The second-order valence-corrected chi connectivity index (χ2v) is 10.4. The third-order valence-corrected chi connectivity index (χ3v) is 8.47. The largest absolute Gasteiger partial charge is 0.534 e. The number of hydrogen-bond acceptors (Lipinski definition) is 6. The summed E-state index contributed by atoms with van der Waals surface area (Å²) in [5.41, 5.74) is -5.72. The van der Waals surface area contributed by atoms with E-state index in [2.05, 4.69) is 18.5 Å². The van der Waals surface area contributed by atoms with Gasteiger partial charge in [0.25, 0.3) is 0 Å². The Morgan fingerprint density at radius 3 is 2.56 bits per heavy atom. The number of rotatable bonds is 6. The van der Waals surface area contributed by atoms with Gasteiger partial charge < -0.3 is 14.2 Å². The highest BCUT2D eigenvalue weighted by Gasteiger charge is 2.49. The lowest BCUT2D eigenvalue weighted by molar-refractivity contribution is -0.0501. The van der Waals surface area contributed by atoms with Crippen LogP contribution in [0, 0.1) is 17.2 Å². The number of pyridine rings is 1. The summed E-state index contributed by atoms with van der Waals surface area (Å²) in [5.74, 6) is -1.60. The molecule has 12 heteroatoms. The summed E-state index contributed by atoms with van der Waals surface area (Å²) in [6.07, 6.45) is 1.57. The van der Waals surface area contributed by atoms with Crippen molar-refractivity contribution in [3.63, 3.8) is 0 Å². The molecule has 0 aromatic carbocycles. The van der Waals surface area contributed by atoms with Crippen LogP contribution in [-0.2, 0) is 14.9 Å². The van der Waals surface area contributed by atoms with Crippen molar-refractivity contribution in [1.82, 2.24) is 4.98 Å². The fraction of sp³-hybridized carbons (Fsp3) is 0.600. The standard InChI is InChI=1S/C15H17F4IN2O4S/c16-11-1-2-12(26-27(23,24)15(17,18)19)22-13(11)21-9-14(10-7-20-8-10)3-5-25-6-4-14/h1-2,7,10H,3-6,8-9H2,(H,21,22). The monoisotopic (exact) mass is 524 g/mol. The molecule has 0 saturated carbocycles. The van der Waals surface area contributed by atoms with Crippen LogP contribution in [-0.4, -0.2) is 47.1 Å². The van der Waals surface area contributed by atoms with Crippen LogP contribution < -0.4 is 9.50 Å². The lowest BCUT2D eigenvalue weighted by Crippen LogP contribution is -2.45. The molecule has 1 aromatic rings. The van der Waals surface area contributed by atoms with Gasteiger partial charge in [0, 0.05) is 30.3 Å². The molecule has 0 amide bonds. The third kappa shape index (κ3) is 4.53. The molecular weight excluding hydrogens is 507 g/mol. The van der Waals surface area contributed by atoms with Crippen molar-refractivity contribution in [2.24, 2.45) is 11.3 Å². The van der Waals surface area contributed by atoms with Crippen LogP contribution in [0.15, 0.2) is 12.1 Å². The maximum atomic E-state index is 14.0. The van der Waals surface area contributed by atoms with E-state index in [4.69, 9.17) is 4.74 Å². The fourth-order valence-electron chi connectivity index (χ4n) is 2.95. The Hall–Kier alpha value is -1.02. The van der Waals surface area contributed by atoms with E-state index in [-0.39, 0.29) is 32.0 Å². The minimum absolute atomic E-state index is 0.109. The van der Waals surface area contributed by atoms with E-state index >= 15 is 0 Å². The van der Waals surface area contributed by atoms with Crippen molar-refractivity contribution in [2.45, 2.75) is 18.3 Å². The summed E-state index contributed by atoms with van der Waals surface area (Å²) in [6.45, 7) is 1.54. The van der Waals surface area contributed by atoms with Crippen LogP contribution in [0.2, 0.25) is 0 Å². The molecule has 2 aliphatic rings. The summed E-state index contributed by atoms with van der Waals surface area (Å²) < 4.78 is 86.3. The molecule has 152 valence electrons. The van der Waals surface area contributed by atoms with Gasteiger partial charge >= 0.3 is 15.6 Å². The van der Waals surface area contributed by atoms with Crippen molar-refractivity contribution in [1.29, 1.82) is 0 Å². The van der Waals surface area contributed by atoms with Gasteiger partial charge in [-0.15, -0.1) is 20.7 Å². The van der Waals surface area contributed by atoms with E-state index < -0.39 is 27.3 Å². The molecule has 1 saturated heterocycles. The van der Waals surface area contributed by atoms with Gasteiger partial charge in [0.05, 0.1) is 0 Å². The fourth-order valence-corrected chi connectivity index (χ4v) is 6.07. The number of nitrogens with one attached hydrogen (secondary N) is 1. The van der Waals surface area contributed by atoms with Crippen LogP contribution in [0.1, 0.15) is 12.8 Å². The second kappa shape index (κ2) is 7.78. The van der Waals surface area contributed by atoms with Crippen LogP contribution in [0.5, 0.6) is 5.88 Å². The lowest BCUT2D eigenvalue weighted by atomic mass is 9.71. The minimum Gasteiger partial charge on any atom is -0.381 e. The SMILES string of the molecule is O=S(=O)(Oc1ccc(F)c(NCC2(C3C=IC3)CCOCC2)n1)C(F)(F)F. The van der Waals surface area contributed by atoms with Crippen molar-refractivity contribution in [2.75, 3.05) is 29.5 Å². The number of alkyl halides is 4. The molecule has 0 bridgehead atoms. The zero-order valence-corrected chi connectivity index (χ0v) is 16.9. The Morgan fingerprint density at radius 2 is 2.00 bits per heavy atom. The highest BCUT2D eigenvalue weighted by atomic mass is 127. The first-order chi connectivity index (χ1) is 12.6. The van der Waals surface area contributed by atoms with Crippen molar-refractivity contribution >= 4 is 40.7 Å². The third-order valence-electron chi connectivity index (χ3n) is 4.68. The molecule has 1 aromatic heterocycles. The molecule has 0 radical (unpaired) electrons. The number of ether oxygens (including phenoxy) is 1. The normalized spacial score (nSPS) is 22.4. The highest BCUT2D eigenvalue weighted by Crippen LogP contribution is 2.43. The van der Waals surface area contributed by atoms with E-state index in [1.165, 1.54) is 0 Å². The van der Waals surface area contributed by atoms with Crippen LogP contribution in [0.3, 0.4) is 0 Å². The number of nitrogens with zero attached hydrogens (tertiary/aromatic N) is 1. The van der Waals surface area contributed by atoms with Gasteiger partial charge in [-0.25, -0.2) is 4.39 Å². The van der Waals surface area contributed by atoms with Gasteiger partial charge in [0.2, 0.25) is 5.88 Å². The molecule has 1 fully saturated rings. The van der Waals surface area contributed by atoms with Gasteiger partial charge in [-0.05, 0) is 30.2 Å². The maximum absolute atomic E-state index is 14.0. The average Bonchev–Trinajstić information content (AvgIpc) is 2.53. The van der Waals surface area contributed by atoms with Gasteiger partial charge in [0.15, 0.2) is 11.6 Å². The Bertz CT molecular complexity index is 826. The van der Waals surface area contributed by atoms with Crippen molar-refractivity contribution in [3.8, 4) is 5.88 Å². The topological polar surface area (TPSA) is 77.5 Å². The van der Waals surface area contributed by atoms with E-state index in [1.807, 2.05) is 0 Å². The first-order valence-electron chi connectivity index (χ1n) is 8.03. The molecule has 0 spiro atoms. The van der Waals surface area contributed by atoms with Crippen molar-refractivity contribution < 1.29 is 34.9 Å². The quantitative estimate of drug-likeness (QED) is 0.203. The molecule has 1 unspecified atom stereocenters. The Balaban J connectivity index is 1.75. The number of halogens is 5. The van der Waals surface area contributed by atoms with Crippen LogP contribution in [0.25, 0.3) is 0 Å². The Morgan fingerprint density at radius 1 is 1.33 bits per heavy atom. The average molecular weight is 524 g/mol. The molecule has 27 heavy (non-hydrogen) atoms. The van der Waals surface area contributed by atoms with Gasteiger partial charge in [-0.2, -0.15) is 26.6 Å². The highest BCUT2D eigenvalue weighted by molar-refractivity contribution is 14.2. The smallest absolute Gasteiger partial charge is 0.381 e. The van der Waals surface area contributed by atoms with Crippen molar-refractivity contribution in [3.05, 3.63) is 17.9 Å². The molecule has 2 aliphatic heterocycles. The van der Waals surface area contributed by atoms with Crippen LogP contribution in [0.4, 0.5) is 23.4 Å². The first-order valence-corrected chi connectivity index (χ1v) is 12.2. The Kier molecular flexibility index (Phi) is 5.96. The molecule has 1 N–H and O–H groups in total. The molecular formula is C15H17F4IN2O4S. The summed E-state index contributed by atoms with van der Waals surface area (Å²) in [7, 11) is -5.87. The zero-order chi connectivity index (χ0) is 19.7. The molecule has 6 nitrogen and oxygen atoms in total. The lowest BCUT2D eigenvalue weighted by Gasteiger charge is -2.44. The minimum atomic E-state index is -5.87. The van der Waals surface area contributed by atoms with E-state index in [0.717, 1.165) is 29.4 Å². The summed E-state index contributed by atoms with van der Waals surface area (Å²) in [4.78, 5) is 3.57. The van der Waals surface area contributed by atoms with E-state index in [9.17, 15) is 26.0 Å². The molecule has 3 heterocycles.